The quantitative estimate of drug-likeness (QED) is 0.659. The Kier molecular flexibility index (Phi) is 4.05. The van der Waals surface area contributed by atoms with Gasteiger partial charge in [0.05, 0.1) is 5.69 Å². The van der Waals surface area contributed by atoms with Gasteiger partial charge in [-0.3, -0.25) is 10.1 Å². The Labute approximate surface area is 137 Å². The Hall–Kier alpha value is -1.70. The van der Waals surface area contributed by atoms with Crippen molar-refractivity contribution in [2.24, 2.45) is 0 Å². The van der Waals surface area contributed by atoms with Gasteiger partial charge in [0.1, 0.15) is 4.88 Å². The van der Waals surface area contributed by atoms with Crippen molar-refractivity contribution in [3.05, 3.63) is 50.4 Å². The van der Waals surface area contributed by atoms with Crippen LogP contribution < -0.4 is 11.1 Å². The van der Waals surface area contributed by atoms with Crippen LogP contribution in [-0.4, -0.2) is 10.9 Å². The second-order valence-corrected chi connectivity index (χ2v) is 6.84. The summed E-state index contributed by atoms with van der Waals surface area (Å²) < 4.78 is 0.792. The van der Waals surface area contributed by atoms with Gasteiger partial charge in [-0.1, -0.05) is 12.1 Å². The van der Waals surface area contributed by atoms with Crippen molar-refractivity contribution >= 4 is 55.3 Å². The number of hydrogen-bond acceptors (Lipinski definition) is 5. The number of nitrogens with two attached hydrogens (primary N) is 1. The highest BCUT2D eigenvalue weighted by Gasteiger charge is 2.13. The highest BCUT2D eigenvalue weighted by atomic mass is 79.9. The average molecular weight is 380 g/mol. The zero-order chi connectivity index (χ0) is 14.8. The summed E-state index contributed by atoms with van der Waals surface area (Å²) in [5, 5.41) is 7.16. The van der Waals surface area contributed by atoms with E-state index in [9.17, 15) is 4.79 Å². The number of nitrogen functional groups attached to an aromatic ring is 1. The lowest BCUT2D eigenvalue weighted by molar-refractivity contribution is 0.103. The number of hydrogen-bond donors (Lipinski definition) is 2. The third-order valence-corrected chi connectivity index (χ3v) is 5.35. The molecule has 0 radical (unpaired) electrons. The SMILES string of the molecule is Nc1ccc(-c2csc(NC(=O)c3sccc3Br)n2)cc1. The number of thiazole rings is 1. The smallest absolute Gasteiger partial charge is 0.268 e. The Bertz CT molecular complexity index is 780. The first-order chi connectivity index (χ1) is 10.1. The Morgan fingerprint density at radius 2 is 1.95 bits per heavy atom. The molecule has 2 aromatic heterocycles. The van der Waals surface area contributed by atoms with E-state index in [0.29, 0.717) is 15.7 Å². The third kappa shape index (κ3) is 3.15. The summed E-state index contributed by atoms with van der Waals surface area (Å²) in [5.41, 5.74) is 8.17. The molecule has 1 aromatic carbocycles. The van der Waals surface area contributed by atoms with Gasteiger partial charge in [-0.15, -0.1) is 22.7 Å². The molecule has 0 saturated carbocycles. The van der Waals surface area contributed by atoms with E-state index in [1.54, 1.807) is 0 Å². The van der Waals surface area contributed by atoms with Crippen LogP contribution in [0, 0.1) is 0 Å². The Morgan fingerprint density at radius 1 is 1.19 bits per heavy atom. The Morgan fingerprint density at radius 3 is 2.62 bits per heavy atom. The number of benzene rings is 1. The van der Waals surface area contributed by atoms with Crippen molar-refractivity contribution in [3.63, 3.8) is 0 Å². The van der Waals surface area contributed by atoms with Gasteiger partial charge in [0.2, 0.25) is 0 Å². The van der Waals surface area contributed by atoms with E-state index in [1.807, 2.05) is 41.1 Å². The first kappa shape index (κ1) is 14.2. The maximum absolute atomic E-state index is 12.1. The molecule has 1 amide bonds. The molecule has 0 aliphatic heterocycles. The normalized spacial score (nSPS) is 10.5. The van der Waals surface area contributed by atoms with Crippen molar-refractivity contribution in [2.75, 3.05) is 11.1 Å². The maximum Gasteiger partial charge on any atom is 0.268 e. The van der Waals surface area contributed by atoms with Crippen LogP contribution in [0.15, 0.2) is 45.6 Å². The zero-order valence-corrected chi connectivity index (χ0v) is 13.9. The summed E-state index contributed by atoms with van der Waals surface area (Å²) >= 11 is 6.13. The summed E-state index contributed by atoms with van der Waals surface area (Å²) in [4.78, 5) is 17.2. The number of nitrogens with one attached hydrogen (secondary N) is 1. The van der Waals surface area contributed by atoms with Gasteiger partial charge in [0.25, 0.3) is 5.91 Å². The molecule has 3 aromatic rings. The van der Waals surface area contributed by atoms with Crippen LogP contribution in [0.25, 0.3) is 11.3 Å². The Balaban J connectivity index is 1.78. The number of thiophene rings is 1. The molecule has 0 saturated heterocycles. The van der Waals surface area contributed by atoms with Gasteiger partial charge in [0.15, 0.2) is 5.13 Å². The van der Waals surface area contributed by atoms with Crippen molar-refractivity contribution in [1.82, 2.24) is 4.98 Å². The van der Waals surface area contributed by atoms with E-state index in [1.165, 1.54) is 22.7 Å². The van der Waals surface area contributed by atoms with Crippen LogP contribution >= 0.6 is 38.6 Å². The van der Waals surface area contributed by atoms with Crippen LogP contribution in [0.1, 0.15) is 9.67 Å². The minimum atomic E-state index is -0.157. The number of amides is 1. The second-order valence-electron chi connectivity index (χ2n) is 4.21. The summed E-state index contributed by atoms with van der Waals surface area (Å²) in [6.45, 7) is 0. The van der Waals surface area contributed by atoms with Crippen molar-refractivity contribution in [3.8, 4) is 11.3 Å². The lowest BCUT2D eigenvalue weighted by Gasteiger charge is -2.00. The number of carbonyl (C=O) groups is 1. The third-order valence-electron chi connectivity index (χ3n) is 2.75. The van der Waals surface area contributed by atoms with Crippen molar-refractivity contribution < 1.29 is 4.79 Å². The van der Waals surface area contributed by atoms with E-state index < -0.39 is 0 Å². The molecular formula is C14H10BrN3OS2. The number of halogens is 1. The molecule has 3 rings (SSSR count). The van der Waals surface area contributed by atoms with E-state index in [4.69, 9.17) is 5.73 Å². The first-order valence-electron chi connectivity index (χ1n) is 5.99. The topological polar surface area (TPSA) is 68.0 Å². The van der Waals surface area contributed by atoms with E-state index in [2.05, 4.69) is 26.2 Å². The van der Waals surface area contributed by atoms with Crippen LogP contribution in [-0.2, 0) is 0 Å². The molecule has 0 aliphatic rings. The van der Waals surface area contributed by atoms with Crippen LogP contribution in [0.5, 0.6) is 0 Å². The lowest BCUT2D eigenvalue weighted by atomic mass is 10.1. The molecule has 4 nitrogen and oxygen atoms in total. The van der Waals surface area contributed by atoms with Gasteiger partial charge >= 0.3 is 0 Å². The molecule has 3 N–H and O–H groups in total. The standard InChI is InChI=1S/C14H10BrN3OS2/c15-10-5-6-20-12(10)13(19)18-14-17-11(7-21-14)8-1-3-9(16)4-2-8/h1-7H,16H2,(H,17,18,19). The average Bonchev–Trinajstić information content (AvgIpc) is 3.09. The number of anilines is 2. The number of carbonyl (C=O) groups excluding carboxylic acids is 1. The monoisotopic (exact) mass is 379 g/mol. The molecule has 106 valence electrons. The van der Waals surface area contributed by atoms with Crippen molar-refractivity contribution in [1.29, 1.82) is 0 Å². The van der Waals surface area contributed by atoms with E-state index in [0.717, 1.165) is 15.7 Å². The molecule has 0 unspecified atom stereocenters. The number of nitrogens with zero attached hydrogens (tertiary/aromatic N) is 1. The fraction of sp³-hybridized carbons (Fsp3) is 0. The molecule has 7 heteroatoms. The molecule has 2 heterocycles. The van der Waals surface area contributed by atoms with Crippen molar-refractivity contribution in [2.45, 2.75) is 0 Å². The zero-order valence-electron chi connectivity index (χ0n) is 10.7. The van der Waals surface area contributed by atoms with Gasteiger partial charge in [-0.2, -0.15) is 0 Å². The lowest BCUT2D eigenvalue weighted by Crippen LogP contribution is -2.10. The van der Waals surface area contributed by atoms with Crippen LogP contribution in [0.4, 0.5) is 10.8 Å². The fourth-order valence-electron chi connectivity index (χ4n) is 1.73. The molecule has 0 spiro atoms. The van der Waals surface area contributed by atoms with E-state index in [-0.39, 0.29) is 5.91 Å². The summed E-state index contributed by atoms with van der Waals surface area (Å²) in [6.07, 6.45) is 0. The highest BCUT2D eigenvalue weighted by molar-refractivity contribution is 9.10. The summed E-state index contributed by atoms with van der Waals surface area (Å²) in [5.74, 6) is -0.157. The van der Waals surface area contributed by atoms with Gasteiger partial charge < -0.3 is 5.73 Å². The molecule has 0 fully saturated rings. The fourth-order valence-corrected chi connectivity index (χ4v) is 3.89. The molecular weight excluding hydrogens is 370 g/mol. The summed E-state index contributed by atoms with van der Waals surface area (Å²) in [7, 11) is 0. The largest absolute Gasteiger partial charge is 0.399 e. The molecule has 0 atom stereocenters. The van der Waals surface area contributed by atoms with Gasteiger partial charge in [0, 0.05) is 21.1 Å². The van der Waals surface area contributed by atoms with Gasteiger partial charge in [-0.05, 0) is 39.5 Å². The molecule has 0 aliphatic carbocycles. The number of rotatable bonds is 3. The minimum Gasteiger partial charge on any atom is -0.399 e. The molecule has 21 heavy (non-hydrogen) atoms. The predicted octanol–water partition coefficient (Wildman–Crippen LogP) is 4.47. The van der Waals surface area contributed by atoms with Gasteiger partial charge in [-0.25, -0.2) is 4.98 Å². The maximum atomic E-state index is 12.1. The molecule has 0 bridgehead atoms. The second kappa shape index (κ2) is 5.97. The minimum absolute atomic E-state index is 0.157. The summed E-state index contributed by atoms with van der Waals surface area (Å²) in [6, 6.07) is 9.32. The van der Waals surface area contributed by atoms with Crippen LogP contribution in [0.3, 0.4) is 0 Å². The first-order valence-corrected chi connectivity index (χ1v) is 8.54. The highest BCUT2D eigenvalue weighted by Crippen LogP contribution is 2.27. The predicted molar refractivity (Wildman–Crippen MR) is 91.9 cm³/mol. The van der Waals surface area contributed by atoms with E-state index >= 15 is 0 Å². The number of aromatic nitrogens is 1. The van der Waals surface area contributed by atoms with Crippen LogP contribution in [0.2, 0.25) is 0 Å².